The molecule has 0 saturated heterocycles. The smallest absolute Gasteiger partial charge is 0.0589 e. The maximum atomic E-state index is 5.58. The minimum Gasteiger partial charge on any atom is -0.383 e. The van der Waals surface area contributed by atoms with Gasteiger partial charge in [-0.15, -0.1) is 0 Å². The third-order valence-electron chi connectivity index (χ3n) is 2.53. The topological polar surface area (TPSA) is 56.3 Å². The summed E-state index contributed by atoms with van der Waals surface area (Å²) in [6.07, 6.45) is 4.98. The van der Waals surface area contributed by atoms with E-state index < -0.39 is 0 Å². The van der Waals surface area contributed by atoms with Crippen molar-refractivity contribution < 1.29 is 4.74 Å². The first-order valence-electron chi connectivity index (χ1n) is 5.65. The van der Waals surface area contributed by atoms with Crippen molar-refractivity contribution in [2.24, 2.45) is 12.8 Å². The molecule has 0 saturated carbocycles. The molecule has 0 spiro atoms. The van der Waals surface area contributed by atoms with E-state index in [0.717, 1.165) is 32.7 Å². The van der Waals surface area contributed by atoms with Crippen LogP contribution < -0.4 is 5.73 Å². The number of nitrogens with two attached hydrogens (primary N) is 1. The van der Waals surface area contributed by atoms with Crippen molar-refractivity contribution in [2.75, 3.05) is 39.9 Å². The summed E-state index contributed by atoms with van der Waals surface area (Å²) in [4.78, 5) is 2.32. The van der Waals surface area contributed by atoms with E-state index >= 15 is 0 Å². The van der Waals surface area contributed by atoms with Crippen molar-refractivity contribution in [2.45, 2.75) is 6.42 Å². The third-order valence-corrected chi connectivity index (χ3v) is 2.53. The molecule has 0 atom stereocenters. The summed E-state index contributed by atoms with van der Waals surface area (Å²) in [6, 6.07) is 0. The average Bonchev–Trinajstić information content (AvgIpc) is 2.68. The second kappa shape index (κ2) is 7.38. The van der Waals surface area contributed by atoms with Gasteiger partial charge in [-0.3, -0.25) is 9.58 Å². The summed E-state index contributed by atoms with van der Waals surface area (Å²) in [6.45, 7) is 4.31. The highest BCUT2D eigenvalue weighted by Crippen LogP contribution is 1.99. The number of methoxy groups -OCH3 is 1. The van der Waals surface area contributed by atoms with Crippen LogP contribution in [-0.4, -0.2) is 54.6 Å². The Morgan fingerprint density at radius 1 is 1.44 bits per heavy atom. The Hall–Kier alpha value is -0.910. The molecule has 0 aromatic carbocycles. The van der Waals surface area contributed by atoms with Crippen LogP contribution in [0.5, 0.6) is 0 Å². The SMILES string of the molecule is COCCN(CCN)CCc1cnn(C)c1. The van der Waals surface area contributed by atoms with Gasteiger partial charge in [-0.2, -0.15) is 5.10 Å². The van der Waals surface area contributed by atoms with E-state index in [9.17, 15) is 0 Å². The Morgan fingerprint density at radius 3 is 2.81 bits per heavy atom. The van der Waals surface area contributed by atoms with E-state index in [-0.39, 0.29) is 0 Å². The molecule has 5 heteroatoms. The molecule has 5 nitrogen and oxygen atoms in total. The number of hydrogen-bond donors (Lipinski definition) is 1. The number of nitrogens with zero attached hydrogens (tertiary/aromatic N) is 3. The molecule has 0 aliphatic rings. The van der Waals surface area contributed by atoms with Crippen LogP contribution in [0.2, 0.25) is 0 Å². The van der Waals surface area contributed by atoms with E-state index in [4.69, 9.17) is 10.5 Å². The summed E-state index contributed by atoms with van der Waals surface area (Å²) in [5.41, 5.74) is 6.84. The minimum atomic E-state index is 0.691. The third kappa shape index (κ3) is 4.74. The van der Waals surface area contributed by atoms with E-state index in [2.05, 4.69) is 16.2 Å². The van der Waals surface area contributed by atoms with E-state index in [1.165, 1.54) is 5.56 Å². The zero-order valence-corrected chi connectivity index (χ0v) is 10.2. The molecule has 0 bridgehead atoms. The van der Waals surface area contributed by atoms with Gasteiger partial charge in [-0.05, 0) is 12.0 Å². The van der Waals surface area contributed by atoms with Gasteiger partial charge in [0.2, 0.25) is 0 Å². The van der Waals surface area contributed by atoms with Gasteiger partial charge in [0, 0.05) is 46.5 Å². The minimum absolute atomic E-state index is 0.691. The van der Waals surface area contributed by atoms with Crippen molar-refractivity contribution in [3.8, 4) is 0 Å². The molecule has 0 aliphatic heterocycles. The highest BCUT2D eigenvalue weighted by atomic mass is 16.5. The van der Waals surface area contributed by atoms with Gasteiger partial charge in [-0.1, -0.05) is 0 Å². The molecule has 1 heterocycles. The lowest BCUT2D eigenvalue weighted by Crippen LogP contribution is -2.34. The van der Waals surface area contributed by atoms with Crippen molar-refractivity contribution in [1.82, 2.24) is 14.7 Å². The molecule has 0 amide bonds. The lowest BCUT2D eigenvalue weighted by atomic mass is 10.2. The summed E-state index contributed by atoms with van der Waals surface area (Å²) >= 11 is 0. The van der Waals surface area contributed by atoms with Gasteiger partial charge in [0.1, 0.15) is 0 Å². The van der Waals surface area contributed by atoms with Crippen LogP contribution in [0.25, 0.3) is 0 Å². The van der Waals surface area contributed by atoms with Crippen molar-refractivity contribution in [3.05, 3.63) is 18.0 Å². The zero-order chi connectivity index (χ0) is 11.8. The van der Waals surface area contributed by atoms with E-state index in [0.29, 0.717) is 6.54 Å². The van der Waals surface area contributed by atoms with Gasteiger partial charge < -0.3 is 10.5 Å². The Balaban J connectivity index is 2.30. The largest absolute Gasteiger partial charge is 0.383 e. The zero-order valence-electron chi connectivity index (χ0n) is 10.2. The van der Waals surface area contributed by atoms with Gasteiger partial charge in [0.15, 0.2) is 0 Å². The second-order valence-electron chi connectivity index (χ2n) is 3.90. The number of hydrogen-bond acceptors (Lipinski definition) is 4. The molecule has 1 rings (SSSR count). The fourth-order valence-corrected chi connectivity index (χ4v) is 1.63. The Morgan fingerprint density at radius 2 is 2.25 bits per heavy atom. The normalized spacial score (nSPS) is 11.2. The van der Waals surface area contributed by atoms with Crippen LogP contribution in [-0.2, 0) is 18.2 Å². The predicted octanol–water partition coefficient (Wildman–Crippen LogP) is -0.130. The maximum absolute atomic E-state index is 5.58. The summed E-state index contributed by atoms with van der Waals surface area (Å²) in [5, 5.41) is 4.15. The number of ether oxygens (including phenoxy) is 1. The van der Waals surface area contributed by atoms with Gasteiger partial charge >= 0.3 is 0 Å². The second-order valence-corrected chi connectivity index (χ2v) is 3.90. The van der Waals surface area contributed by atoms with Crippen LogP contribution in [0.4, 0.5) is 0 Å². The fourth-order valence-electron chi connectivity index (χ4n) is 1.63. The molecule has 1 aromatic heterocycles. The first-order chi connectivity index (χ1) is 7.76. The van der Waals surface area contributed by atoms with Crippen LogP contribution in [0, 0.1) is 0 Å². The van der Waals surface area contributed by atoms with Crippen LogP contribution in [0.15, 0.2) is 12.4 Å². The molecule has 2 N–H and O–H groups in total. The van der Waals surface area contributed by atoms with Gasteiger partial charge in [-0.25, -0.2) is 0 Å². The average molecular weight is 226 g/mol. The molecule has 92 valence electrons. The monoisotopic (exact) mass is 226 g/mol. The van der Waals surface area contributed by atoms with Crippen molar-refractivity contribution in [3.63, 3.8) is 0 Å². The van der Waals surface area contributed by atoms with Gasteiger partial charge in [0.05, 0.1) is 12.8 Å². The molecule has 0 aliphatic carbocycles. The fraction of sp³-hybridized carbons (Fsp3) is 0.727. The Labute approximate surface area is 97.2 Å². The highest BCUT2D eigenvalue weighted by molar-refractivity contribution is 5.03. The van der Waals surface area contributed by atoms with Crippen molar-refractivity contribution in [1.29, 1.82) is 0 Å². The van der Waals surface area contributed by atoms with Crippen molar-refractivity contribution >= 4 is 0 Å². The first kappa shape index (κ1) is 13.2. The summed E-state index contributed by atoms with van der Waals surface area (Å²) in [5.74, 6) is 0. The van der Waals surface area contributed by atoms with Crippen LogP contribution in [0.1, 0.15) is 5.56 Å². The van der Waals surface area contributed by atoms with Gasteiger partial charge in [0.25, 0.3) is 0 Å². The van der Waals surface area contributed by atoms with Crippen LogP contribution >= 0.6 is 0 Å². The molecular weight excluding hydrogens is 204 g/mol. The standard InChI is InChI=1S/C11H22N4O/c1-14-10-11(9-13-14)3-5-15(6-4-12)7-8-16-2/h9-10H,3-8,12H2,1-2H3. The highest BCUT2D eigenvalue weighted by Gasteiger charge is 2.04. The quantitative estimate of drug-likeness (QED) is 0.671. The van der Waals surface area contributed by atoms with E-state index in [1.54, 1.807) is 7.11 Å². The lowest BCUT2D eigenvalue weighted by Gasteiger charge is -2.20. The molecule has 1 aromatic rings. The van der Waals surface area contributed by atoms with E-state index in [1.807, 2.05) is 17.9 Å². The molecular formula is C11H22N4O. The molecule has 16 heavy (non-hydrogen) atoms. The molecule has 0 fully saturated rings. The Kier molecular flexibility index (Phi) is 6.07. The number of aryl methyl sites for hydroxylation is 1. The summed E-state index contributed by atoms with van der Waals surface area (Å²) in [7, 11) is 3.66. The molecule has 0 radical (unpaired) electrons. The number of rotatable bonds is 8. The van der Waals surface area contributed by atoms with Crippen LogP contribution in [0.3, 0.4) is 0 Å². The lowest BCUT2D eigenvalue weighted by molar-refractivity contribution is 0.150. The maximum Gasteiger partial charge on any atom is 0.0589 e. The molecule has 0 unspecified atom stereocenters. The summed E-state index contributed by atoms with van der Waals surface area (Å²) < 4.78 is 6.91. The Bertz CT molecular complexity index is 287. The number of aromatic nitrogens is 2. The first-order valence-corrected chi connectivity index (χ1v) is 5.65. The predicted molar refractivity (Wildman–Crippen MR) is 64.3 cm³/mol.